The van der Waals surface area contributed by atoms with Crippen molar-refractivity contribution in [2.45, 2.75) is 6.92 Å². The van der Waals surface area contributed by atoms with E-state index in [2.05, 4.69) is 5.32 Å². The van der Waals surface area contributed by atoms with Crippen molar-refractivity contribution in [3.05, 3.63) is 0 Å². The van der Waals surface area contributed by atoms with E-state index in [-0.39, 0.29) is 0 Å². The lowest BCUT2D eigenvalue weighted by Gasteiger charge is -1.93. The van der Waals surface area contributed by atoms with Gasteiger partial charge in [0.05, 0.1) is 6.73 Å². The van der Waals surface area contributed by atoms with E-state index in [1.165, 1.54) is 0 Å². The molecule has 0 bridgehead atoms. The van der Waals surface area contributed by atoms with Crippen LogP contribution in [-0.2, 0) is 4.74 Å². The molecule has 0 rings (SSSR count). The van der Waals surface area contributed by atoms with Crippen LogP contribution in [0.1, 0.15) is 6.92 Å². The minimum Gasteiger partial charge on any atom is -0.367 e. The third-order valence-electron chi connectivity index (χ3n) is 0.451. The first-order valence-corrected chi connectivity index (χ1v) is 2.14. The van der Waals surface area contributed by atoms with Crippen molar-refractivity contribution in [1.82, 2.24) is 5.32 Å². The van der Waals surface area contributed by atoms with Gasteiger partial charge in [-0.15, -0.1) is 0 Å². The Morgan fingerprint density at radius 3 is 2.50 bits per heavy atom. The zero-order valence-electron chi connectivity index (χ0n) is 4.32. The largest absolute Gasteiger partial charge is 0.367 e. The van der Waals surface area contributed by atoms with Crippen molar-refractivity contribution < 1.29 is 4.74 Å². The van der Waals surface area contributed by atoms with Crippen LogP contribution in [-0.4, -0.2) is 20.4 Å². The Hall–Kier alpha value is -0.0800. The molecule has 0 amide bonds. The molecule has 0 aliphatic heterocycles. The molecule has 0 saturated heterocycles. The summed E-state index contributed by atoms with van der Waals surface area (Å²) >= 11 is 0. The fourth-order valence-corrected chi connectivity index (χ4v) is 0.204. The Labute approximate surface area is 38.5 Å². The van der Waals surface area contributed by atoms with Gasteiger partial charge in [-0.1, -0.05) is 0 Å². The summed E-state index contributed by atoms with van der Waals surface area (Å²) in [6.45, 7) is 3.43. The first-order chi connectivity index (χ1) is 2.91. The smallest absolute Gasteiger partial charge is 0.0962 e. The van der Waals surface area contributed by atoms with Crippen LogP contribution in [0, 0.1) is 0 Å². The molecule has 6 heavy (non-hydrogen) atoms. The Morgan fingerprint density at radius 1 is 1.67 bits per heavy atom. The number of hydrogen-bond acceptors (Lipinski definition) is 2. The molecule has 38 valence electrons. The average Bonchev–Trinajstić information content (AvgIpc) is 1.61. The molecule has 1 N–H and O–H groups in total. The summed E-state index contributed by atoms with van der Waals surface area (Å²) in [5.74, 6) is 0. The highest BCUT2D eigenvalue weighted by Gasteiger charge is 1.70. The lowest BCUT2D eigenvalue weighted by molar-refractivity contribution is 0.134. The van der Waals surface area contributed by atoms with Crippen molar-refractivity contribution in [3.63, 3.8) is 0 Å². The average molecular weight is 89.1 g/mol. The van der Waals surface area contributed by atoms with Crippen LogP contribution in [0.15, 0.2) is 0 Å². The number of nitrogens with one attached hydrogen (secondary N) is 1. The van der Waals surface area contributed by atoms with Gasteiger partial charge < -0.3 is 4.74 Å². The van der Waals surface area contributed by atoms with Gasteiger partial charge in [0.25, 0.3) is 0 Å². The van der Waals surface area contributed by atoms with Crippen LogP contribution in [0.25, 0.3) is 0 Å². The zero-order chi connectivity index (χ0) is 4.83. The Bertz CT molecular complexity index is 19.5. The Morgan fingerprint density at radius 2 is 2.33 bits per heavy atom. The monoisotopic (exact) mass is 89.1 g/mol. The van der Waals surface area contributed by atoms with E-state index < -0.39 is 0 Å². The van der Waals surface area contributed by atoms with Gasteiger partial charge in [0, 0.05) is 6.61 Å². The van der Waals surface area contributed by atoms with E-state index >= 15 is 0 Å². The fourth-order valence-electron chi connectivity index (χ4n) is 0.204. The van der Waals surface area contributed by atoms with Crippen LogP contribution in [0.5, 0.6) is 0 Å². The van der Waals surface area contributed by atoms with E-state index in [0.29, 0.717) is 6.73 Å². The highest BCUT2D eigenvalue weighted by Crippen LogP contribution is 1.61. The van der Waals surface area contributed by atoms with Gasteiger partial charge >= 0.3 is 0 Å². The minimum absolute atomic E-state index is 0.663. The molecule has 0 fully saturated rings. The zero-order valence-corrected chi connectivity index (χ0v) is 4.32. The second-order valence-electron chi connectivity index (χ2n) is 0.991. The maximum Gasteiger partial charge on any atom is 0.0962 e. The molecule has 0 aromatic carbocycles. The molecule has 0 heterocycles. The molecule has 0 aromatic heterocycles. The van der Waals surface area contributed by atoms with Crippen LogP contribution < -0.4 is 5.32 Å². The predicted molar refractivity (Wildman–Crippen MR) is 25.6 cm³/mol. The number of hydrogen-bond donors (Lipinski definition) is 1. The summed E-state index contributed by atoms with van der Waals surface area (Å²) in [5, 5.41) is 2.85. The third kappa shape index (κ3) is 3.92. The Balaban J connectivity index is 2.34. The van der Waals surface area contributed by atoms with Crippen LogP contribution >= 0.6 is 0 Å². The van der Waals surface area contributed by atoms with E-state index in [1.54, 1.807) is 0 Å². The number of rotatable bonds is 3. The maximum absolute atomic E-state index is 4.87. The molecule has 2 heteroatoms. The van der Waals surface area contributed by atoms with Gasteiger partial charge in [0.15, 0.2) is 0 Å². The highest BCUT2D eigenvalue weighted by atomic mass is 16.5. The second kappa shape index (κ2) is 4.92. The van der Waals surface area contributed by atoms with Crippen molar-refractivity contribution in [3.8, 4) is 0 Å². The van der Waals surface area contributed by atoms with Crippen molar-refractivity contribution >= 4 is 0 Å². The van der Waals surface area contributed by atoms with Crippen LogP contribution in [0.2, 0.25) is 0 Å². The molecule has 0 atom stereocenters. The predicted octanol–water partition coefficient (Wildman–Crippen LogP) is 0.200. The summed E-state index contributed by atoms with van der Waals surface area (Å²) in [6, 6.07) is 0. The first kappa shape index (κ1) is 5.92. The molecule has 0 unspecified atom stereocenters. The molecule has 0 radical (unpaired) electrons. The second-order valence-corrected chi connectivity index (χ2v) is 0.991. The maximum atomic E-state index is 4.87. The van der Waals surface area contributed by atoms with Crippen molar-refractivity contribution in [2.24, 2.45) is 0 Å². The van der Waals surface area contributed by atoms with E-state index in [9.17, 15) is 0 Å². The van der Waals surface area contributed by atoms with Gasteiger partial charge in [-0.25, -0.2) is 0 Å². The Kier molecular flexibility index (Phi) is 4.85. The summed E-state index contributed by atoms with van der Waals surface area (Å²) < 4.78 is 4.87. The molecular formula is C4H11NO. The van der Waals surface area contributed by atoms with E-state index in [1.807, 2.05) is 14.0 Å². The molecule has 0 spiro atoms. The molecule has 2 nitrogen and oxygen atoms in total. The van der Waals surface area contributed by atoms with Gasteiger partial charge in [-0.05, 0) is 14.0 Å². The molecular weight excluding hydrogens is 78.0 g/mol. The van der Waals surface area contributed by atoms with Gasteiger partial charge in [-0.3, -0.25) is 5.32 Å². The standard InChI is InChI=1S/C4H11NO/c1-3-6-4-5-2/h5H,3-4H2,1-2H3. The van der Waals surface area contributed by atoms with Gasteiger partial charge in [0.2, 0.25) is 0 Å². The minimum atomic E-state index is 0.663. The fraction of sp³-hybridized carbons (Fsp3) is 1.00. The van der Waals surface area contributed by atoms with Crippen molar-refractivity contribution in [2.75, 3.05) is 20.4 Å². The lowest BCUT2D eigenvalue weighted by Crippen LogP contribution is -2.10. The lowest BCUT2D eigenvalue weighted by atomic mass is 10.9. The molecule has 0 aliphatic carbocycles. The van der Waals surface area contributed by atoms with E-state index in [4.69, 9.17) is 4.74 Å². The number of ether oxygens (including phenoxy) is 1. The SMILES string of the molecule is CCOCNC. The summed E-state index contributed by atoms with van der Waals surface area (Å²) in [4.78, 5) is 0. The third-order valence-corrected chi connectivity index (χ3v) is 0.451. The first-order valence-electron chi connectivity index (χ1n) is 2.14. The van der Waals surface area contributed by atoms with Gasteiger partial charge in [0.1, 0.15) is 0 Å². The summed E-state index contributed by atoms with van der Waals surface area (Å²) in [7, 11) is 1.86. The van der Waals surface area contributed by atoms with E-state index in [0.717, 1.165) is 6.61 Å². The molecule has 0 aliphatic rings. The van der Waals surface area contributed by atoms with Crippen molar-refractivity contribution in [1.29, 1.82) is 0 Å². The topological polar surface area (TPSA) is 21.3 Å². The van der Waals surface area contributed by atoms with Gasteiger partial charge in [-0.2, -0.15) is 0 Å². The summed E-state index contributed by atoms with van der Waals surface area (Å²) in [6.07, 6.45) is 0. The summed E-state index contributed by atoms with van der Waals surface area (Å²) in [5.41, 5.74) is 0. The highest BCUT2D eigenvalue weighted by molar-refractivity contribution is 4.14. The quantitative estimate of drug-likeness (QED) is 0.394. The normalized spacial score (nSPS) is 9.00. The molecule has 0 aromatic rings. The molecule has 0 saturated carbocycles. The van der Waals surface area contributed by atoms with Crippen LogP contribution in [0.4, 0.5) is 0 Å². The van der Waals surface area contributed by atoms with Crippen LogP contribution in [0.3, 0.4) is 0 Å².